The Balaban J connectivity index is 2.13. The summed E-state index contributed by atoms with van der Waals surface area (Å²) < 4.78 is 0. The molecule has 1 aliphatic rings. The van der Waals surface area contributed by atoms with Crippen LogP contribution in [0.2, 0.25) is 0 Å². The standard InChI is InChI=1S/C21H27N5O2/c1-6-17-13(3)19(25-21-23-10-9-12(2)24-21)16-11-15(20(28)22-5)7-8-18(16)26(17)14(4)27/h7-11,13,17,19H,6H2,1-5H3,(H,22,28)(H,23,24,25)/t13-,17-,19+/m0/s1. The molecule has 2 heterocycles. The lowest BCUT2D eigenvalue weighted by atomic mass is 9.80. The highest BCUT2D eigenvalue weighted by Gasteiger charge is 2.40. The molecular weight excluding hydrogens is 354 g/mol. The van der Waals surface area contributed by atoms with Gasteiger partial charge in [0.25, 0.3) is 5.91 Å². The van der Waals surface area contributed by atoms with Gasteiger partial charge in [-0.3, -0.25) is 9.59 Å². The third-order valence-electron chi connectivity index (χ3n) is 5.41. The molecule has 3 atom stereocenters. The predicted molar refractivity (Wildman–Crippen MR) is 109 cm³/mol. The van der Waals surface area contributed by atoms with Crippen molar-refractivity contribution in [1.82, 2.24) is 15.3 Å². The van der Waals surface area contributed by atoms with Gasteiger partial charge in [0.2, 0.25) is 11.9 Å². The highest BCUT2D eigenvalue weighted by Crippen LogP contribution is 2.43. The minimum atomic E-state index is -0.159. The lowest BCUT2D eigenvalue weighted by molar-refractivity contribution is -0.117. The van der Waals surface area contributed by atoms with E-state index in [4.69, 9.17) is 0 Å². The second kappa shape index (κ2) is 7.96. The molecule has 7 nitrogen and oxygen atoms in total. The van der Waals surface area contributed by atoms with Crippen LogP contribution in [0.1, 0.15) is 54.8 Å². The SMILES string of the molecule is CC[C@H]1[C@H](C)[C@@H](Nc2nccc(C)n2)c2cc(C(=O)NC)ccc2N1C(C)=O. The van der Waals surface area contributed by atoms with Gasteiger partial charge in [0.05, 0.1) is 6.04 Å². The van der Waals surface area contributed by atoms with Gasteiger partial charge >= 0.3 is 0 Å². The van der Waals surface area contributed by atoms with Crippen LogP contribution < -0.4 is 15.5 Å². The Morgan fingerprint density at radius 3 is 2.61 bits per heavy atom. The van der Waals surface area contributed by atoms with Crippen molar-refractivity contribution in [3.63, 3.8) is 0 Å². The average Bonchev–Trinajstić information content (AvgIpc) is 2.68. The van der Waals surface area contributed by atoms with E-state index >= 15 is 0 Å². The van der Waals surface area contributed by atoms with Crippen LogP contribution in [-0.4, -0.2) is 34.9 Å². The predicted octanol–water partition coefficient (Wildman–Crippen LogP) is 3.08. The Labute approximate surface area is 165 Å². The Bertz CT molecular complexity index is 898. The summed E-state index contributed by atoms with van der Waals surface area (Å²) in [6.45, 7) is 7.71. The summed E-state index contributed by atoms with van der Waals surface area (Å²) in [5.74, 6) is 0.482. The highest BCUT2D eigenvalue weighted by molar-refractivity contribution is 5.97. The largest absolute Gasteiger partial charge is 0.355 e. The van der Waals surface area contributed by atoms with Gasteiger partial charge in [-0.25, -0.2) is 9.97 Å². The fraction of sp³-hybridized carbons (Fsp3) is 0.429. The van der Waals surface area contributed by atoms with Crippen molar-refractivity contribution in [3.8, 4) is 0 Å². The van der Waals surface area contributed by atoms with E-state index in [0.29, 0.717) is 11.5 Å². The molecule has 0 aliphatic carbocycles. The fourth-order valence-electron chi connectivity index (χ4n) is 4.05. The van der Waals surface area contributed by atoms with Crippen LogP contribution in [-0.2, 0) is 4.79 Å². The molecule has 0 bridgehead atoms. The van der Waals surface area contributed by atoms with Crippen molar-refractivity contribution in [3.05, 3.63) is 47.3 Å². The summed E-state index contributed by atoms with van der Waals surface area (Å²) in [7, 11) is 1.61. The number of fused-ring (bicyclic) bond motifs is 1. The third-order valence-corrected chi connectivity index (χ3v) is 5.41. The van der Waals surface area contributed by atoms with Crippen LogP contribution in [0.25, 0.3) is 0 Å². The van der Waals surface area contributed by atoms with Crippen LogP contribution in [0.15, 0.2) is 30.5 Å². The van der Waals surface area contributed by atoms with E-state index < -0.39 is 0 Å². The maximum Gasteiger partial charge on any atom is 0.251 e. The first-order valence-electron chi connectivity index (χ1n) is 9.59. The molecule has 2 amide bonds. The Morgan fingerprint density at radius 2 is 2.00 bits per heavy atom. The number of amides is 2. The molecule has 0 radical (unpaired) electrons. The number of hydrogen-bond donors (Lipinski definition) is 2. The number of nitrogens with one attached hydrogen (secondary N) is 2. The number of hydrogen-bond acceptors (Lipinski definition) is 5. The minimum Gasteiger partial charge on any atom is -0.355 e. The second-order valence-corrected chi connectivity index (χ2v) is 7.22. The molecule has 0 saturated heterocycles. The third kappa shape index (κ3) is 3.56. The zero-order chi connectivity index (χ0) is 20.4. The number of benzene rings is 1. The Kier molecular flexibility index (Phi) is 5.63. The minimum absolute atomic E-state index is 0.00195. The van der Waals surface area contributed by atoms with Crippen LogP contribution in [0.4, 0.5) is 11.6 Å². The Morgan fingerprint density at radius 1 is 1.25 bits per heavy atom. The first-order valence-corrected chi connectivity index (χ1v) is 9.59. The van der Waals surface area contributed by atoms with E-state index in [2.05, 4.69) is 34.4 Å². The first kappa shape index (κ1) is 19.8. The fourth-order valence-corrected chi connectivity index (χ4v) is 4.05. The van der Waals surface area contributed by atoms with Crippen molar-refractivity contribution >= 4 is 23.5 Å². The molecule has 1 aromatic carbocycles. The molecule has 7 heteroatoms. The van der Waals surface area contributed by atoms with Crippen LogP contribution in [0, 0.1) is 12.8 Å². The van der Waals surface area contributed by atoms with Gasteiger partial charge < -0.3 is 15.5 Å². The van der Waals surface area contributed by atoms with Crippen LogP contribution >= 0.6 is 0 Å². The molecule has 148 valence electrons. The van der Waals surface area contributed by atoms with Crippen molar-refractivity contribution < 1.29 is 9.59 Å². The van der Waals surface area contributed by atoms with Gasteiger partial charge in [-0.2, -0.15) is 0 Å². The lowest BCUT2D eigenvalue weighted by Gasteiger charge is -2.45. The molecule has 0 saturated carbocycles. The zero-order valence-electron chi connectivity index (χ0n) is 17.0. The van der Waals surface area contributed by atoms with Crippen molar-refractivity contribution in [2.45, 2.75) is 46.2 Å². The highest BCUT2D eigenvalue weighted by atomic mass is 16.2. The monoisotopic (exact) mass is 381 g/mol. The van der Waals surface area contributed by atoms with E-state index in [0.717, 1.165) is 23.4 Å². The maximum atomic E-state index is 12.5. The smallest absolute Gasteiger partial charge is 0.251 e. The van der Waals surface area contributed by atoms with Crippen molar-refractivity contribution in [1.29, 1.82) is 0 Å². The molecule has 1 aromatic heterocycles. The van der Waals surface area contributed by atoms with Gasteiger partial charge in [-0.05, 0) is 43.2 Å². The van der Waals surface area contributed by atoms with E-state index in [-0.39, 0.29) is 29.8 Å². The maximum absolute atomic E-state index is 12.5. The number of rotatable bonds is 4. The Hall–Kier alpha value is -2.96. The molecule has 1 aliphatic heterocycles. The van der Waals surface area contributed by atoms with Crippen LogP contribution in [0.5, 0.6) is 0 Å². The summed E-state index contributed by atoms with van der Waals surface area (Å²) in [6, 6.07) is 7.25. The average molecular weight is 381 g/mol. The second-order valence-electron chi connectivity index (χ2n) is 7.22. The van der Waals surface area contributed by atoms with Gasteiger partial charge in [-0.1, -0.05) is 13.8 Å². The summed E-state index contributed by atoms with van der Waals surface area (Å²) in [5.41, 5.74) is 3.16. The van der Waals surface area contributed by atoms with E-state index in [9.17, 15) is 9.59 Å². The van der Waals surface area contributed by atoms with Gasteiger partial charge in [0.1, 0.15) is 0 Å². The molecular formula is C21H27N5O2. The number of carbonyl (C=O) groups is 2. The number of carbonyl (C=O) groups excluding carboxylic acids is 2. The van der Waals surface area contributed by atoms with Crippen molar-refractivity contribution in [2.75, 3.05) is 17.3 Å². The van der Waals surface area contributed by atoms with Gasteiger partial charge in [0, 0.05) is 49.1 Å². The first-order chi connectivity index (χ1) is 13.4. The summed E-state index contributed by atoms with van der Waals surface area (Å²) in [5, 5.41) is 6.10. The van der Waals surface area contributed by atoms with E-state index in [1.165, 1.54) is 0 Å². The zero-order valence-corrected chi connectivity index (χ0v) is 17.0. The molecule has 0 fully saturated rings. The van der Waals surface area contributed by atoms with Gasteiger partial charge in [0.15, 0.2) is 0 Å². The molecule has 2 N–H and O–H groups in total. The molecule has 0 spiro atoms. The topological polar surface area (TPSA) is 87.2 Å². The van der Waals surface area contributed by atoms with E-state index in [1.807, 2.05) is 30.0 Å². The van der Waals surface area contributed by atoms with Crippen molar-refractivity contribution in [2.24, 2.45) is 5.92 Å². The lowest BCUT2D eigenvalue weighted by Crippen LogP contribution is -2.49. The summed E-state index contributed by atoms with van der Waals surface area (Å²) in [6.07, 6.45) is 2.55. The number of nitrogens with zero attached hydrogens (tertiary/aromatic N) is 3. The van der Waals surface area contributed by atoms with E-state index in [1.54, 1.807) is 26.2 Å². The molecule has 0 unspecified atom stereocenters. The molecule has 3 rings (SSSR count). The molecule has 2 aromatic rings. The molecule has 28 heavy (non-hydrogen) atoms. The number of aromatic nitrogens is 2. The number of aryl methyl sites for hydroxylation is 1. The number of anilines is 2. The quantitative estimate of drug-likeness (QED) is 0.850. The van der Waals surface area contributed by atoms with Gasteiger partial charge in [-0.15, -0.1) is 0 Å². The summed E-state index contributed by atoms with van der Waals surface area (Å²) >= 11 is 0. The normalized spacial score (nSPS) is 21.0. The van der Waals surface area contributed by atoms with Crippen LogP contribution in [0.3, 0.4) is 0 Å². The summed E-state index contributed by atoms with van der Waals surface area (Å²) in [4.78, 5) is 35.3.